The van der Waals surface area contributed by atoms with Crippen LogP contribution in [0.5, 0.6) is 0 Å². The minimum Gasteiger partial charge on any atom is -0.352 e. The Morgan fingerprint density at radius 1 is 1.09 bits per heavy atom. The van der Waals surface area contributed by atoms with Crippen molar-refractivity contribution in [1.82, 2.24) is 10.6 Å². The van der Waals surface area contributed by atoms with Gasteiger partial charge in [0.2, 0.25) is 5.91 Å². The van der Waals surface area contributed by atoms with Crippen molar-refractivity contribution in [2.24, 2.45) is 5.92 Å². The van der Waals surface area contributed by atoms with Gasteiger partial charge in [0.15, 0.2) is 0 Å². The van der Waals surface area contributed by atoms with Gasteiger partial charge < -0.3 is 10.6 Å². The number of carbonyl (C=O) groups is 2. The van der Waals surface area contributed by atoms with Crippen molar-refractivity contribution in [3.05, 3.63) is 34.9 Å². The van der Waals surface area contributed by atoms with Gasteiger partial charge in [0.1, 0.15) is 6.04 Å². The van der Waals surface area contributed by atoms with Crippen molar-refractivity contribution >= 4 is 23.4 Å². The van der Waals surface area contributed by atoms with Crippen LogP contribution in [-0.4, -0.2) is 23.9 Å². The third-order valence-electron chi connectivity index (χ3n) is 4.29. The summed E-state index contributed by atoms with van der Waals surface area (Å²) in [5.74, 6) is -0.316. The molecule has 1 saturated carbocycles. The molecule has 1 aliphatic carbocycles. The van der Waals surface area contributed by atoms with E-state index in [9.17, 15) is 9.59 Å². The lowest BCUT2D eigenvalue weighted by Crippen LogP contribution is -2.52. The lowest BCUT2D eigenvalue weighted by molar-refractivity contribution is -0.124. The van der Waals surface area contributed by atoms with Crippen LogP contribution in [0.4, 0.5) is 0 Å². The molecule has 1 unspecified atom stereocenters. The molecule has 0 aromatic heterocycles. The van der Waals surface area contributed by atoms with Crippen molar-refractivity contribution in [3.8, 4) is 0 Å². The lowest BCUT2D eigenvalue weighted by Gasteiger charge is -2.27. The largest absolute Gasteiger partial charge is 0.352 e. The summed E-state index contributed by atoms with van der Waals surface area (Å²) >= 11 is 5.84. The maximum Gasteiger partial charge on any atom is 0.251 e. The molecule has 1 atom stereocenters. The second-order valence-electron chi connectivity index (χ2n) is 6.55. The molecule has 0 spiro atoms. The lowest BCUT2D eigenvalue weighted by atomic mass is 9.94. The molecule has 126 valence electrons. The number of nitrogens with one attached hydrogen (secondary N) is 2. The summed E-state index contributed by atoms with van der Waals surface area (Å²) in [7, 11) is 0. The van der Waals surface area contributed by atoms with E-state index in [1.165, 1.54) is 6.42 Å². The first-order valence-electron chi connectivity index (χ1n) is 8.34. The highest BCUT2D eigenvalue weighted by molar-refractivity contribution is 6.30. The van der Waals surface area contributed by atoms with Crippen molar-refractivity contribution < 1.29 is 9.59 Å². The first-order chi connectivity index (χ1) is 11.0. The van der Waals surface area contributed by atoms with Gasteiger partial charge in [-0.05, 0) is 43.0 Å². The van der Waals surface area contributed by atoms with Crippen molar-refractivity contribution in [2.45, 2.75) is 58.0 Å². The molecule has 2 amide bonds. The molecule has 0 saturated heterocycles. The van der Waals surface area contributed by atoms with Crippen LogP contribution in [0, 0.1) is 5.92 Å². The summed E-state index contributed by atoms with van der Waals surface area (Å²) in [4.78, 5) is 24.9. The highest BCUT2D eigenvalue weighted by atomic mass is 35.5. The predicted molar refractivity (Wildman–Crippen MR) is 92.6 cm³/mol. The van der Waals surface area contributed by atoms with Gasteiger partial charge in [-0.1, -0.05) is 44.7 Å². The van der Waals surface area contributed by atoms with Gasteiger partial charge in [-0.15, -0.1) is 0 Å². The molecule has 0 radical (unpaired) electrons. The van der Waals surface area contributed by atoms with Crippen molar-refractivity contribution in [2.75, 3.05) is 0 Å². The SMILES string of the molecule is CC(C)C(NC(=O)c1ccc(Cl)cc1)C(=O)NC1CCCCC1. The molecule has 5 heteroatoms. The van der Waals surface area contributed by atoms with Gasteiger partial charge in [-0.25, -0.2) is 0 Å². The zero-order valence-electron chi connectivity index (χ0n) is 13.8. The topological polar surface area (TPSA) is 58.2 Å². The number of hydrogen-bond acceptors (Lipinski definition) is 2. The number of halogens is 1. The van der Waals surface area contributed by atoms with Gasteiger partial charge in [-0.3, -0.25) is 9.59 Å². The van der Waals surface area contributed by atoms with Crippen LogP contribution in [0.2, 0.25) is 5.02 Å². The highest BCUT2D eigenvalue weighted by Gasteiger charge is 2.27. The molecule has 0 heterocycles. The molecular formula is C18H25ClN2O2. The quantitative estimate of drug-likeness (QED) is 0.864. The molecule has 4 nitrogen and oxygen atoms in total. The Morgan fingerprint density at radius 3 is 2.26 bits per heavy atom. The molecule has 1 fully saturated rings. The molecule has 0 aliphatic heterocycles. The Balaban J connectivity index is 1.98. The van der Waals surface area contributed by atoms with Crippen molar-refractivity contribution in [3.63, 3.8) is 0 Å². The predicted octanol–water partition coefficient (Wildman–Crippen LogP) is 3.54. The average Bonchev–Trinajstić information content (AvgIpc) is 2.53. The fraction of sp³-hybridized carbons (Fsp3) is 0.556. The number of benzene rings is 1. The second kappa shape index (κ2) is 8.34. The van der Waals surface area contributed by atoms with Crippen LogP contribution in [0.3, 0.4) is 0 Å². The molecule has 0 bridgehead atoms. The Labute approximate surface area is 143 Å². The number of carbonyl (C=O) groups excluding carboxylic acids is 2. The number of rotatable bonds is 5. The van der Waals surface area contributed by atoms with Gasteiger partial charge >= 0.3 is 0 Å². The minimum atomic E-state index is -0.528. The molecule has 1 aromatic rings. The van der Waals surface area contributed by atoms with Crippen LogP contribution in [0.1, 0.15) is 56.3 Å². The normalized spacial score (nSPS) is 16.9. The Kier molecular flexibility index (Phi) is 6.46. The zero-order chi connectivity index (χ0) is 16.8. The van der Waals surface area contributed by atoms with E-state index in [1.54, 1.807) is 24.3 Å². The second-order valence-corrected chi connectivity index (χ2v) is 6.98. The van der Waals surface area contributed by atoms with Gasteiger partial charge in [0, 0.05) is 16.6 Å². The van der Waals surface area contributed by atoms with Crippen LogP contribution in [0.25, 0.3) is 0 Å². The van der Waals surface area contributed by atoms with Crippen LogP contribution < -0.4 is 10.6 Å². The Hall–Kier alpha value is -1.55. The highest BCUT2D eigenvalue weighted by Crippen LogP contribution is 2.18. The summed E-state index contributed by atoms with van der Waals surface area (Å²) in [5, 5.41) is 6.52. The molecule has 1 aromatic carbocycles. The smallest absolute Gasteiger partial charge is 0.251 e. The number of amides is 2. The summed E-state index contributed by atoms with van der Waals surface area (Å²) in [5.41, 5.74) is 0.505. The summed E-state index contributed by atoms with van der Waals surface area (Å²) in [6.07, 6.45) is 5.62. The summed E-state index contributed by atoms with van der Waals surface area (Å²) < 4.78 is 0. The first-order valence-corrected chi connectivity index (χ1v) is 8.72. The standard InChI is InChI=1S/C18H25ClN2O2/c1-12(2)16(18(23)20-15-6-4-3-5-7-15)21-17(22)13-8-10-14(19)11-9-13/h8-12,15-16H,3-7H2,1-2H3,(H,20,23)(H,21,22). The van der Waals surface area contributed by atoms with Crippen LogP contribution >= 0.6 is 11.6 Å². The Bertz CT molecular complexity index is 536. The van der Waals surface area contributed by atoms with E-state index in [1.807, 2.05) is 13.8 Å². The monoisotopic (exact) mass is 336 g/mol. The third kappa shape index (κ3) is 5.24. The number of hydrogen-bond donors (Lipinski definition) is 2. The van der Waals surface area contributed by atoms with Crippen LogP contribution in [0.15, 0.2) is 24.3 Å². The molecule has 1 aliphatic rings. The third-order valence-corrected chi connectivity index (χ3v) is 4.55. The van der Waals surface area contributed by atoms with Gasteiger partial charge in [0.25, 0.3) is 5.91 Å². The van der Waals surface area contributed by atoms with E-state index in [0.717, 1.165) is 25.7 Å². The molecule has 2 N–H and O–H groups in total. The molecule has 23 heavy (non-hydrogen) atoms. The Morgan fingerprint density at radius 2 is 1.70 bits per heavy atom. The summed E-state index contributed by atoms with van der Waals surface area (Å²) in [6, 6.07) is 6.37. The van der Waals surface area contributed by atoms with E-state index in [4.69, 9.17) is 11.6 Å². The maximum atomic E-state index is 12.5. The van der Waals surface area contributed by atoms with E-state index in [0.29, 0.717) is 10.6 Å². The maximum absolute atomic E-state index is 12.5. The van der Waals surface area contributed by atoms with Crippen molar-refractivity contribution in [1.29, 1.82) is 0 Å². The van der Waals surface area contributed by atoms with Gasteiger partial charge in [-0.2, -0.15) is 0 Å². The summed E-state index contributed by atoms with van der Waals surface area (Å²) in [6.45, 7) is 3.88. The van der Waals surface area contributed by atoms with E-state index in [2.05, 4.69) is 10.6 Å². The van der Waals surface area contributed by atoms with Crippen LogP contribution in [-0.2, 0) is 4.79 Å². The minimum absolute atomic E-state index is 0.0230. The van der Waals surface area contributed by atoms with E-state index in [-0.39, 0.29) is 23.8 Å². The van der Waals surface area contributed by atoms with Gasteiger partial charge in [0.05, 0.1) is 0 Å². The molecule has 2 rings (SSSR count). The van der Waals surface area contributed by atoms with E-state index < -0.39 is 6.04 Å². The van der Waals surface area contributed by atoms with E-state index >= 15 is 0 Å². The fourth-order valence-corrected chi connectivity index (χ4v) is 3.02. The fourth-order valence-electron chi connectivity index (χ4n) is 2.90. The zero-order valence-corrected chi connectivity index (χ0v) is 14.5. The average molecular weight is 337 g/mol. The first kappa shape index (κ1) is 17.8. The molecular weight excluding hydrogens is 312 g/mol.